The molecule has 0 bridgehead atoms. The highest BCUT2D eigenvalue weighted by atomic mass is 15.1. The van der Waals surface area contributed by atoms with Crippen molar-refractivity contribution in [1.82, 2.24) is 10.2 Å². The Morgan fingerprint density at radius 2 is 1.69 bits per heavy atom. The molecule has 1 rings (SSSR count). The van der Waals surface area contributed by atoms with Gasteiger partial charge in [0.1, 0.15) is 0 Å². The third-order valence-corrected chi connectivity index (χ3v) is 2.64. The van der Waals surface area contributed by atoms with Crippen LogP contribution in [0.15, 0.2) is 18.2 Å². The molecule has 1 atom stereocenters. The zero-order chi connectivity index (χ0) is 12.1. The maximum Gasteiger partial charge on any atom is 0.0449 e. The number of hydrogen-bond acceptors (Lipinski definition) is 2. The van der Waals surface area contributed by atoms with Gasteiger partial charge in [-0.2, -0.15) is 0 Å². The molecule has 0 fully saturated rings. The first-order valence-corrected chi connectivity index (χ1v) is 5.99. The molecule has 0 heterocycles. The van der Waals surface area contributed by atoms with Crippen LogP contribution in [-0.2, 0) is 0 Å². The number of hydrogen-bond donors (Lipinski definition) is 1. The first kappa shape index (κ1) is 13.2. The molecule has 90 valence electrons. The van der Waals surface area contributed by atoms with E-state index in [1.54, 1.807) is 0 Å². The van der Waals surface area contributed by atoms with Crippen LogP contribution in [0.1, 0.15) is 29.7 Å². The third-order valence-electron chi connectivity index (χ3n) is 2.64. The number of likely N-dealkylation sites (N-methyl/N-ethyl adjacent to an activating group) is 2. The van der Waals surface area contributed by atoms with Crippen LogP contribution in [0, 0.1) is 13.8 Å². The quantitative estimate of drug-likeness (QED) is 0.820. The predicted molar refractivity (Wildman–Crippen MR) is 70.9 cm³/mol. The number of benzene rings is 1. The van der Waals surface area contributed by atoms with Crippen LogP contribution in [0.2, 0.25) is 0 Å². The van der Waals surface area contributed by atoms with Gasteiger partial charge in [0.15, 0.2) is 0 Å². The number of nitrogens with zero attached hydrogens (tertiary/aromatic N) is 1. The monoisotopic (exact) mass is 220 g/mol. The van der Waals surface area contributed by atoms with E-state index in [4.69, 9.17) is 0 Å². The van der Waals surface area contributed by atoms with E-state index >= 15 is 0 Å². The zero-order valence-corrected chi connectivity index (χ0v) is 11.2. The molecule has 0 saturated heterocycles. The minimum absolute atomic E-state index is 0.429. The molecule has 0 aliphatic carbocycles. The molecule has 0 aliphatic rings. The van der Waals surface area contributed by atoms with Crippen molar-refractivity contribution < 1.29 is 0 Å². The molecule has 1 N–H and O–H groups in total. The maximum absolute atomic E-state index is 3.54. The second-order valence-electron chi connectivity index (χ2n) is 4.79. The maximum atomic E-state index is 3.54. The van der Waals surface area contributed by atoms with E-state index < -0.39 is 0 Å². The summed E-state index contributed by atoms with van der Waals surface area (Å²) in [5.74, 6) is 0. The minimum atomic E-state index is 0.429. The number of aryl methyl sites for hydroxylation is 2. The summed E-state index contributed by atoms with van der Waals surface area (Å²) < 4.78 is 0. The Morgan fingerprint density at radius 1 is 1.12 bits per heavy atom. The Balaban J connectivity index is 2.90. The molecule has 0 aromatic heterocycles. The summed E-state index contributed by atoms with van der Waals surface area (Å²) in [4.78, 5) is 2.23. The summed E-state index contributed by atoms with van der Waals surface area (Å²) in [7, 11) is 4.24. The largest absolute Gasteiger partial charge is 0.309 e. The molecule has 2 heteroatoms. The highest BCUT2D eigenvalue weighted by Gasteiger charge is 2.11. The molecule has 0 spiro atoms. The molecule has 1 aromatic carbocycles. The van der Waals surface area contributed by atoms with Crippen molar-refractivity contribution >= 4 is 0 Å². The summed E-state index contributed by atoms with van der Waals surface area (Å²) in [6.07, 6.45) is 0. The highest BCUT2D eigenvalue weighted by Crippen LogP contribution is 2.17. The minimum Gasteiger partial charge on any atom is -0.309 e. The Labute approximate surface area is 99.7 Å². The summed E-state index contributed by atoms with van der Waals surface area (Å²) in [5, 5.41) is 3.54. The second-order valence-corrected chi connectivity index (χ2v) is 4.79. The van der Waals surface area contributed by atoms with E-state index in [0.717, 1.165) is 13.1 Å². The van der Waals surface area contributed by atoms with Crippen molar-refractivity contribution in [3.63, 3.8) is 0 Å². The van der Waals surface area contributed by atoms with Gasteiger partial charge in [0.25, 0.3) is 0 Å². The van der Waals surface area contributed by atoms with Crippen LogP contribution < -0.4 is 5.32 Å². The number of rotatable bonds is 5. The van der Waals surface area contributed by atoms with Crippen LogP contribution in [0.25, 0.3) is 0 Å². The lowest BCUT2D eigenvalue weighted by Gasteiger charge is -2.23. The molecule has 0 radical (unpaired) electrons. The standard InChI is InChI=1S/C14H24N2/c1-6-15-14(10-16(4)5)13-8-11(2)7-12(3)9-13/h7-9,14-15H,6,10H2,1-5H3. The van der Waals surface area contributed by atoms with Gasteiger partial charge in [-0.15, -0.1) is 0 Å². The molecular weight excluding hydrogens is 196 g/mol. The predicted octanol–water partition coefficient (Wildman–Crippen LogP) is 2.52. The van der Waals surface area contributed by atoms with Crippen molar-refractivity contribution in [1.29, 1.82) is 0 Å². The van der Waals surface area contributed by atoms with E-state index in [0.29, 0.717) is 6.04 Å². The van der Waals surface area contributed by atoms with Crippen LogP contribution in [0.4, 0.5) is 0 Å². The van der Waals surface area contributed by atoms with Gasteiger partial charge in [0.05, 0.1) is 0 Å². The molecule has 1 unspecified atom stereocenters. The molecule has 2 nitrogen and oxygen atoms in total. The Morgan fingerprint density at radius 3 is 2.12 bits per heavy atom. The van der Waals surface area contributed by atoms with Gasteiger partial charge in [-0.05, 0) is 40.1 Å². The van der Waals surface area contributed by atoms with Gasteiger partial charge in [-0.1, -0.05) is 36.2 Å². The van der Waals surface area contributed by atoms with Crippen LogP contribution in [-0.4, -0.2) is 32.1 Å². The van der Waals surface area contributed by atoms with Gasteiger partial charge in [-0.25, -0.2) is 0 Å². The van der Waals surface area contributed by atoms with Crippen LogP contribution in [0.3, 0.4) is 0 Å². The van der Waals surface area contributed by atoms with Gasteiger partial charge < -0.3 is 10.2 Å². The smallest absolute Gasteiger partial charge is 0.0449 e. The summed E-state index contributed by atoms with van der Waals surface area (Å²) in [5.41, 5.74) is 4.08. The Hall–Kier alpha value is -0.860. The van der Waals surface area contributed by atoms with Crippen LogP contribution >= 0.6 is 0 Å². The number of nitrogens with one attached hydrogen (secondary N) is 1. The van der Waals surface area contributed by atoms with Crippen molar-refractivity contribution in [2.24, 2.45) is 0 Å². The fourth-order valence-corrected chi connectivity index (χ4v) is 2.11. The lowest BCUT2D eigenvalue weighted by molar-refractivity contribution is 0.345. The molecule has 0 saturated carbocycles. The average molecular weight is 220 g/mol. The Kier molecular flexibility index (Phi) is 4.97. The SMILES string of the molecule is CCNC(CN(C)C)c1cc(C)cc(C)c1. The molecule has 16 heavy (non-hydrogen) atoms. The summed E-state index contributed by atoms with van der Waals surface area (Å²) in [6.45, 7) is 8.53. The summed E-state index contributed by atoms with van der Waals surface area (Å²) >= 11 is 0. The van der Waals surface area contributed by atoms with Gasteiger partial charge >= 0.3 is 0 Å². The van der Waals surface area contributed by atoms with E-state index in [1.165, 1.54) is 16.7 Å². The first-order valence-electron chi connectivity index (χ1n) is 5.99. The van der Waals surface area contributed by atoms with E-state index in [9.17, 15) is 0 Å². The molecule has 0 amide bonds. The van der Waals surface area contributed by atoms with E-state index in [2.05, 4.69) is 63.3 Å². The second kappa shape index (κ2) is 6.02. The van der Waals surface area contributed by atoms with Crippen molar-refractivity contribution in [3.8, 4) is 0 Å². The molecule has 0 aliphatic heterocycles. The lowest BCUT2D eigenvalue weighted by Crippen LogP contribution is -2.31. The van der Waals surface area contributed by atoms with Gasteiger partial charge in [-0.3, -0.25) is 0 Å². The lowest BCUT2D eigenvalue weighted by atomic mass is 10.0. The van der Waals surface area contributed by atoms with Crippen molar-refractivity contribution in [2.45, 2.75) is 26.8 Å². The van der Waals surface area contributed by atoms with Crippen LogP contribution in [0.5, 0.6) is 0 Å². The van der Waals surface area contributed by atoms with Gasteiger partial charge in [0, 0.05) is 12.6 Å². The van der Waals surface area contributed by atoms with Crippen molar-refractivity contribution in [2.75, 3.05) is 27.2 Å². The van der Waals surface area contributed by atoms with E-state index in [1.807, 2.05) is 0 Å². The van der Waals surface area contributed by atoms with E-state index in [-0.39, 0.29) is 0 Å². The zero-order valence-electron chi connectivity index (χ0n) is 11.2. The molecular formula is C14H24N2. The normalized spacial score (nSPS) is 13.1. The highest BCUT2D eigenvalue weighted by molar-refractivity contribution is 5.30. The Bertz CT molecular complexity index is 311. The van der Waals surface area contributed by atoms with Crippen molar-refractivity contribution in [3.05, 3.63) is 34.9 Å². The third kappa shape index (κ3) is 3.95. The fourth-order valence-electron chi connectivity index (χ4n) is 2.11. The fraction of sp³-hybridized carbons (Fsp3) is 0.571. The topological polar surface area (TPSA) is 15.3 Å². The van der Waals surface area contributed by atoms with Gasteiger partial charge in [0.2, 0.25) is 0 Å². The first-order chi connectivity index (χ1) is 7.52. The molecule has 1 aromatic rings. The summed E-state index contributed by atoms with van der Waals surface area (Å²) in [6, 6.07) is 7.22. The average Bonchev–Trinajstić information content (AvgIpc) is 2.14.